The lowest BCUT2D eigenvalue weighted by Crippen LogP contribution is -2.29. The largest absolute Gasteiger partial charge is 0.573 e. The maximum atomic E-state index is 12.9. The Hall–Kier alpha value is -2.84. The molecule has 1 aromatic heterocycles. The van der Waals surface area contributed by atoms with Gasteiger partial charge in [0, 0.05) is 17.2 Å². The number of alkyl halides is 3. The van der Waals surface area contributed by atoms with Crippen LogP contribution in [0.2, 0.25) is 0 Å². The van der Waals surface area contributed by atoms with Gasteiger partial charge >= 0.3 is 6.36 Å². The van der Waals surface area contributed by atoms with Crippen molar-refractivity contribution in [3.05, 3.63) is 41.1 Å². The van der Waals surface area contributed by atoms with Crippen LogP contribution in [-0.4, -0.2) is 32.7 Å². The van der Waals surface area contributed by atoms with Crippen LogP contribution in [0, 0.1) is 5.92 Å². The number of carbonyl (C=O) groups excluding carboxylic acids is 1. The molecule has 0 saturated heterocycles. The molecular weight excluding hydrogens is 373 g/mol. The molecule has 148 valence electrons. The number of amides is 1. The fraction of sp³-hybridized carbons (Fsp3) is 0.421. The number of nitrogens with zero attached hydrogens (tertiary/aromatic N) is 4. The molecule has 0 N–H and O–H groups in total. The molecule has 28 heavy (non-hydrogen) atoms. The van der Waals surface area contributed by atoms with E-state index in [0.29, 0.717) is 0 Å². The van der Waals surface area contributed by atoms with E-state index in [1.165, 1.54) is 23.1 Å². The minimum atomic E-state index is -4.87. The first kappa shape index (κ1) is 18.5. The van der Waals surface area contributed by atoms with E-state index in [4.69, 9.17) is 0 Å². The molecule has 2 aliphatic heterocycles. The molecule has 6 nitrogen and oxygen atoms in total. The molecule has 2 atom stereocenters. The smallest absolute Gasteiger partial charge is 0.405 e. The van der Waals surface area contributed by atoms with Gasteiger partial charge in [0.1, 0.15) is 5.75 Å². The molecule has 3 heterocycles. The Morgan fingerprint density at radius 3 is 2.64 bits per heavy atom. The monoisotopic (exact) mass is 392 g/mol. The average Bonchev–Trinajstić information content (AvgIpc) is 3.17. The Morgan fingerprint density at radius 1 is 1.21 bits per heavy atom. The van der Waals surface area contributed by atoms with E-state index in [-0.39, 0.29) is 30.6 Å². The van der Waals surface area contributed by atoms with E-state index in [9.17, 15) is 18.0 Å². The highest BCUT2D eigenvalue weighted by Gasteiger charge is 2.37. The Balaban J connectivity index is 1.62. The number of fused-ring (bicyclic) bond motifs is 3. The first-order valence-corrected chi connectivity index (χ1v) is 8.95. The van der Waals surface area contributed by atoms with Crippen LogP contribution >= 0.6 is 0 Å². The SMILES string of the molecule is CC1=Nc2c3c(nn2C(C)C1C)CN(C(=O)c1ccccc1OC(F)(F)F)C3. The summed E-state index contributed by atoms with van der Waals surface area (Å²) in [5.41, 5.74) is 2.44. The van der Waals surface area contributed by atoms with Gasteiger partial charge in [-0.3, -0.25) is 4.79 Å². The van der Waals surface area contributed by atoms with Gasteiger partial charge in [-0.05, 0) is 26.0 Å². The van der Waals surface area contributed by atoms with Crippen LogP contribution in [0.25, 0.3) is 0 Å². The second kappa shape index (κ2) is 6.35. The van der Waals surface area contributed by atoms with Gasteiger partial charge in [0.25, 0.3) is 5.91 Å². The van der Waals surface area contributed by atoms with Gasteiger partial charge < -0.3 is 9.64 Å². The molecule has 2 aromatic rings. The second-order valence-corrected chi connectivity index (χ2v) is 7.18. The van der Waals surface area contributed by atoms with Crippen molar-refractivity contribution in [3.63, 3.8) is 0 Å². The third-order valence-electron chi connectivity index (χ3n) is 5.43. The zero-order valence-electron chi connectivity index (χ0n) is 15.6. The predicted molar refractivity (Wildman–Crippen MR) is 95.6 cm³/mol. The molecule has 1 amide bonds. The number of carbonyl (C=O) groups is 1. The summed E-state index contributed by atoms with van der Waals surface area (Å²) in [5, 5.41) is 4.61. The number of aromatic nitrogens is 2. The van der Waals surface area contributed by atoms with Crippen LogP contribution in [0.3, 0.4) is 0 Å². The van der Waals surface area contributed by atoms with E-state index in [1.807, 2.05) is 11.6 Å². The standard InChI is InChI=1S/C19H19F3N4O2/c1-10-11(2)23-17-14-8-25(9-15(14)24-26(17)12(10)3)18(27)13-6-4-5-7-16(13)28-19(20,21)22/h4-7,10,12H,8-9H2,1-3H3. The van der Waals surface area contributed by atoms with Gasteiger partial charge in [-0.2, -0.15) is 5.10 Å². The third-order valence-corrected chi connectivity index (χ3v) is 5.43. The number of hydrogen-bond donors (Lipinski definition) is 0. The third kappa shape index (κ3) is 3.04. The van der Waals surface area contributed by atoms with E-state index in [0.717, 1.165) is 28.9 Å². The maximum absolute atomic E-state index is 12.9. The molecule has 1 aromatic carbocycles. The zero-order valence-corrected chi connectivity index (χ0v) is 15.6. The van der Waals surface area contributed by atoms with Crippen LogP contribution in [0.5, 0.6) is 5.75 Å². The van der Waals surface area contributed by atoms with Gasteiger partial charge in [-0.15, -0.1) is 13.2 Å². The predicted octanol–water partition coefficient (Wildman–Crippen LogP) is 4.24. The fourth-order valence-corrected chi connectivity index (χ4v) is 3.63. The van der Waals surface area contributed by atoms with Crippen molar-refractivity contribution in [3.8, 4) is 5.75 Å². The minimum Gasteiger partial charge on any atom is -0.405 e. The van der Waals surface area contributed by atoms with Gasteiger partial charge in [0.15, 0.2) is 5.82 Å². The van der Waals surface area contributed by atoms with Crippen molar-refractivity contribution in [2.24, 2.45) is 10.9 Å². The number of hydrogen-bond acceptors (Lipinski definition) is 4. The summed E-state index contributed by atoms with van der Waals surface area (Å²) in [5.74, 6) is -0.0494. The minimum absolute atomic E-state index is 0.131. The van der Waals surface area contributed by atoms with Gasteiger partial charge in [0.2, 0.25) is 0 Å². The first-order chi connectivity index (χ1) is 13.2. The molecule has 0 radical (unpaired) electrons. The van der Waals surface area contributed by atoms with Crippen molar-refractivity contribution >= 4 is 17.4 Å². The number of rotatable bonds is 2. The normalized spacial score (nSPS) is 21.2. The Bertz CT molecular complexity index is 980. The van der Waals surface area contributed by atoms with Crippen molar-refractivity contribution in [1.82, 2.24) is 14.7 Å². The van der Waals surface area contributed by atoms with Crippen LogP contribution < -0.4 is 4.74 Å². The number of aliphatic imine (C=N–C) groups is 1. The van der Waals surface area contributed by atoms with Gasteiger partial charge in [-0.1, -0.05) is 19.1 Å². The van der Waals surface area contributed by atoms with Crippen LogP contribution in [0.1, 0.15) is 48.4 Å². The number of halogens is 3. The molecular formula is C19H19F3N4O2. The molecule has 0 fully saturated rings. The summed E-state index contributed by atoms with van der Waals surface area (Å²) in [7, 11) is 0. The van der Waals surface area contributed by atoms with Gasteiger partial charge in [0.05, 0.1) is 30.4 Å². The van der Waals surface area contributed by atoms with Crippen LogP contribution in [-0.2, 0) is 13.1 Å². The van der Waals surface area contributed by atoms with Crippen LogP contribution in [0.4, 0.5) is 19.0 Å². The summed E-state index contributed by atoms with van der Waals surface area (Å²) in [6.45, 7) is 6.60. The van der Waals surface area contributed by atoms with E-state index >= 15 is 0 Å². The lowest BCUT2D eigenvalue weighted by Gasteiger charge is -2.27. The Labute approximate surface area is 159 Å². The van der Waals surface area contributed by atoms with Crippen LogP contribution in [0.15, 0.2) is 29.3 Å². The lowest BCUT2D eigenvalue weighted by atomic mass is 9.97. The fourth-order valence-electron chi connectivity index (χ4n) is 3.63. The van der Waals surface area contributed by atoms with E-state index in [1.54, 1.807) is 0 Å². The molecule has 9 heteroatoms. The first-order valence-electron chi connectivity index (χ1n) is 8.95. The lowest BCUT2D eigenvalue weighted by molar-refractivity contribution is -0.274. The summed E-state index contributed by atoms with van der Waals surface area (Å²) >= 11 is 0. The number of benzene rings is 1. The summed E-state index contributed by atoms with van der Waals surface area (Å²) in [6, 6.07) is 5.52. The van der Waals surface area contributed by atoms with Gasteiger partial charge in [-0.25, -0.2) is 9.67 Å². The summed E-state index contributed by atoms with van der Waals surface area (Å²) in [4.78, 5) is 19.0. The van der Waals surface area contributed by atoms with Crippen molar-refractivity contribution in [2.45, 2.75) is 46.3 Å². The zero-order chi connectivity index (χ0) is 20.2. The average molecular weight is 392 g/mol. The quantitative estimate of drug-likeness (QED) is 0.768. The molecule has 2 unspecified atom stereocenters. The van der Waals surface area contributed by atoms with E-state index < -0.39 is 18.0 Å². The molecule has 4 rings (SSSR count). The Morgan fingerprint density at radius 2 is 1.93 bits per heavy atom. The molecule has 0 spiro atoms. The van der Waals surface area contributed by atoms with Crippen molar-refractivity contribution in [2.75, 3.05) is 0 Å². The Kier molecular flexibility index (Phi) is 4.20. The molecule has 2 aliphatic rings. The summed E-state index contributed by atoms with van der Waals surface area (Å²) < 4.78 is 43.8. The molecule has 0 saturated carbocycles. The topological polar surface area (TPSA) is 59.7 Å². The summed E-state index contributed by atoms with van der Waals surface area (Å²) in [6.07, 6.45) is -4.87. The highest BCUT2D eigenvalue weighted by molar-refractivity contribution is 5.97. The highest BCUT2D eigenvalue weighted by Crippen LogP contribution is 2.39. The highest BCUT2D eigenvalue weighted by atomic mass is 19.4. The number of ether oxygens (including phenoxy) is 1. The molecule has 0 bridgehead atoms. The number of para-hydroxylation sites is 1. The van der Waals surface area contributed by atoms with Crippen molar-refractivity contribution in [1.29, 1.82) is 0 Å². The van der Waals surface area contributed by atoms with Crippen molar-refractivity contribution < 1.29 is 22.7 Å². The second-order valence-electron chi connectivity index (χ2n) is 7.18. The molecule has 0 aliphatic carbocycles. The maximum Gasteiger partial charge on any atom is 0.573 e. The van der Waals surface area contributed by atoms with E-state index in [2.05, 4.69) is 28.7 Å².